The molecule has 0 rings (SSSR count). The van der Waals surface area contributed by atoms with Gasteiger partial charge in [-0.2, -0.15) is 0 Å². The molecular formula is C24H51IN2O. The van der Waals surface area contributed by atoms with Crippen molar-refractivity contribution < 1.29 is 33.3 Å². The Kier molecular flexibility index (Phi) is 23.7. The fraction of sp³-hybridized carbons (Fsp3) is 0.958. The van der Waals surface area contributed by atoms with Gasteiger partial charge in [-0.25, -0.2) is 0 Å². The molecule has 0 bridgehead atoms. The Morgan fingerprint density at radius 3 is 1.43 bits per heavy atom. The highest BCUT2D eigenvalue weighted by Crippen LogP contribution is 2.13. The number of halogens is 1. The molecule has 28 heavy (non-hydrogen) atoms. The summed E-state index contributed by atoms with van der Waals surface area (Å²) in [6.07, 6.45) is 22.3. The Balaban J connectivity index is 0. The van der Waals surface area contributed by atoms with Crippen molar-refractivity contribution in [2.24, 2.45) is 0 Å². The second-order valence-corrected chi connectivity index (χ2v) is 9.42. The van der Waals surface area contributed by atoms with Crippen LogP contribution in [0.3, 0.4) is 0 Å². The van der Waals surface area contributed by atoms with Gasteiger partial charge in [-0.15, -0.1) is 0 Å². The predicted molar refractivity (Wildman–Crippen MR) is 120 cm³/mol. The summed E-state index contributed by atoms with van der Waals surface area (Å²) < 4.78 is 0.967. The first-order valence-corrected chi connectivity index (χ1v) is 12.0. The third kappa shape index (κ3) is 26.2. The van der Waals surface area contributed by atoms with Gasteiger partial charge < -0.3 is 33.8 Å². The largest absolute Gasteiger partial charge is 1.00 e. The summed E-state index contributed by atoms with van der Waals surface area (Å²) in [6, 6.07) is 0. The number of nitrogens with one attached hydrogen (secondary N) is 1. The van der Waals surface area contributed by atoms with Gasteiger partial charge in [-0.1, -0.05) is 96.8 Å². The zero-order valence-corrected chi connectivity index (χ0v) is 21.8. The quantitative estimate of drug-likeness (QED) is 0.152. The molecule has 0 atom stereocenters. The Hall–Kier alpha value is 0.160. The Bertz CT molecular complexity index is 329. The van der Waals surface area contributed by atoms with E-state index in [9.17, 15) is 4.79 Å². The van der Waals surface area contributed by atoms with Gasteiger partial charge in [-0.3, -0.25) is 4.79 Å². The molecule has 1 amide bonds. The molecule has 0 saturated carbocycles. The van der Waals surface area contributed by atoms with E-state index in [2.05, 4.69) is 33.4 Å². The zero-order valence-electron chi connectivity index (χ0n) is 19.7. The number of amides is 1. The highest BCUT2D eigenvalue weighted by atomic mass is 127. The van der Waals surface area contributed by atoms with Crippen molar-refractivity contribution in [3.63, 3.8) is 0 Å². The molecule has 0 aromatic carbocycles. The highest BCUT2D eigenvalue weighted by Gasteiger charge is 2.06. The second-order valence-electron chi connectivity index (χ2n) is 9.42. The number of unbranched alkanes of at least 4 members (excludes halogenated alkanes) is 14. The van der Waals surface area contributed by atoms with Crippen LogP contribution in [-0.2, 0) is 4.79 Å². The number of carbonyl (C=O) groups is 1. The minimum absolute atomic E-state index is 0. The SMILES string of the molecule is CCCCCCCCCCCCCCCCCC(=O)NCCC[N+](C)(C)C.[I-]. The van der Waals surface area contributed by atoms with Crippen LogP contribution in [0, 0.1) is 0 Å². The number of hydrogen-bond acceptors (Lipinski definition) is 1. The summed E-state index contributed by atoms with van der Waals surface area (Å²) in [6.45, 7) is 4.22. The molecule has 0 aliphatic heterocycles. The van der Waals surface area contributed by atoms with Gasteiger partial charge >= 0.3 is 0 Å². The first-order chi connectivity index (χ1) is 13.0. The predicted octanol–water partition coefficient (Wildman–Crippen LogP) is 3.46. The van der Waals surface area contributed by atoms with Crippen LogP contribution < -0.4 is 29.3 Å². The summed E-state index contributed by atoms with van der Waals surface area (Å²) >= 11 is 0. The van der Waals surface area contributed by atoms with Gasteiger partial charge in [0, 0.05) is 19.4 Å². The van der Waals surface area contributed by atoms with E-state index < -0.39 is 0 Å². The van der Waals surface area contributed by atoms with E-state index in [1.165, 1.54) is 89.9 Å². The van der Waals surface area contributed by atoms with E-state index in [0.717, 1.165) is 30.4 Å². The highest BCUT2D eigenvalue weighted by molar-refractivity contribution is 5.75. The van der Waals surface area contributed by atoms with Gasteiger partial charge in [0.15, 0.2) is 0 Å². The average Bonchev–Trinajstić information content (AvgIpc) is 2.61. The van der Waals surface area contributed by atoms with Gasteiger partial charge in [-0.05, 0) is 6.42 Å². The van der Waals surface area contributed by atoms with Crippen LogP contribution in [0.4, 0.5) is 0 Å². The summed E-state index contributed by atoms with van der Waals surface area (Å²) in [5.74, 6) is 0.242. The normalized spacial score (nSPS) is 11.3. The Morgan fingerprint density at radius 1 is 0.643 bits per heavy atom. The van der Waals surface area contributed by atoms with Crippen molar-refractivity contribution in [2.45, 2.75) is 116 Å². The maximum atomic E-state index is 11.8. The molecule has 0 spiro atoms. The van der Waals surface area contributed by atoms with Crippen LogP contribution in [-0.4, -0.2) is 44.6 Å². The fourth-order valence-corrected chi connectivity index (χ4v) is 3.53. The minimum Gasteiger partial charge on any atom is -1.00 e. The molecule has 0 aromatic rings. The molecule has 0 fully saturated rings. The minimum atomic E-state index is 0. The summed E-state index contributed by atoms with van der Waals surface area (Å²) in [5, 5.41) is 3.06. The molecule has 0 heterocycles. The molecule has 0 unspecified atom stereocenters. The molecule has 0 saturated heterocycles. The smallest absolute Gasteiger partial charge is 0.219 e. The second kappa shape index (κ2) is 21.9. The summed E-state index contributed by atoms with van der Waals surface area (Å²) in [7, 11) is 6.58. The van der Waals surface area contributed by atoms with Crippen LogP contribution in [0.5, 0.6) is 0 Å². The lowest BCUT2D eigenvalue weighted by Gasteiger charge is -2.23. The van der Waals surface area contributed by atoms with Crippen LogP contribution in [0.1, 0.15) is 116 Å². The van der Waals surface area contributed by atoms with Gasteiger partial charge in [0.2, 0.25) is 5.91 Å². The molecule has 0 aromatic heterocycles. The summed E-state index contributed by atoms with van der Waals surface area (Å²) in [4.78, 5) is 11.8. The molecule has 4 heteroatoms. The lowest BCUT2D eigenvalue weighted by atomic mass is 10.0. The van der Waals surface area contributed by atoms with E-state index in [-0.39, 0.29) is 29.9 Å². The first kappa shape index (κ1) is 30.4. The number of nitrogens with zero attached hydrogens (tertiary/aromatic N) is 1. The van der Waals surface area contributed by atoms with Crippen molar-refractivity contribution >= 4 is 5.91 Å². The molecule has 3 nitrogen and oxygen atoms in total. The van der Waals surface area contributed by atoms with E-state index in [1.807, 2.05) is 0 Å². The molecule has 1 N–H and O–H groups in total. The topological polar surface area (TPSA) is 29.1 Å². The van der Waals surface area contributed by atoms with E-state index >= 15 is 0 Å². The molecule has 170 valence electrons. The van der Waals surface area contributed by atoms with Crippen LogP contribution >= 0.6 is 0 Å². The molecular weight excluding hydrogens is 459 g/mol. The lowest BCUT2D eigenvalue weighted by Crippen LogP contribution is -3.00. The average molecular weight is 511 g/mol. The Morgan fingerprint density at radius 2 is 1.04 bits per heavy atom. The number of hydrogen-bond donors (Lipinski definition) is 1. The Labute approximate surface area is 194 Å². The van der Waals surface area contributed by atoms with Crippen molar-refractivity contribution in [1.29, 1.82) is 0 Å². The third-order valence-corrected chi connectivity index (χ3v) is 5.34. The van der Waals surface area contributed by atoms with E-state index in [1.54, 1.807) is 0 Å². The fourth-order valence-electron chi connectivity index (χ4n) is 3.53. The maximum Gasteiger partial charge on any atom is 0.219 e. The van der Waals surface area contributed by atoms with E-state index in [0.29, 0.717) is 6.42 Å². The number of rotatable bonds is 20. The maximum absolute atomic E-state index is 11.8. The van der Waals surface area contributed by atoms with Gasteiger partial charge in [0.05, 0.1) is 27.7 Å². The van der Waals surface area contributed by atoms with Crippen LogP contribution in [0.2, 0.25) is 0 Å². The monoisotopic (exact) mass is 510 g/mol. The van der Waals surface area contributed by atoms with Crippen molar-refractivity contribution in [1.82, 2.24) is 5.32 Å². The molecule has 0 aliphatic rings. The number of quaternary nitrogens is 1. The van der Waals surface area contributed by atoms with Crippen molar-refractivity contribution in [3.05, 3.63) is 0 Å². The molecule has 0 radical (unpaired) electrons. The lowest BCUT2D eigenvalue weighted by molar-refractivity contribution is -0.870. The zero-order chi connectivity index (χ0) is 20.2. The van der Waals surface area contributed by atoms with Crippen LogP contribution in [0.15, 0.2) is 0 Å². The van der Waals surface area contributed by atoms with Gasteiger partial charge in [0.1, 0.15) is 0 Å². The van der Waals surface area contributed by atoms with Gasteiger partial charge in [0.25, 0.3) is 0 Å². The standard InChI is InChI=1S/C24H50N2O.HI/c1-5-6-7-8-9-10-11-12-13-14-15-16-17-18-19-21-24(27)25-22-20-23-26(2,3)4;/h5-23H2,1-4H3;1H. The number of carbonyl (C=O) groups excluding carboxylic acids is 1. The van der Waals surface area contributed by atoms with E-state index in [4.69, 9.17) is 0 Å². The van der Waals surface area contributed by atoms with Crippen molar-refractivity contribution in [2.75, 3.05) is 34.2 Å². The van der Waals surface area contributed by atoms with Crippen molar-refractivity contribution in [3.8, 4) is 0 Å². The first-order valence-electron chi connectivity index (χ1n) is 12.0. The molecule has 0 aliphatic carbocycles. The summed E-state index contributed by atoms with van der Waals surface area (Å²) in [5.41, 5.74) is 0. The van der Waals surface area contributed by atoms with Crippen LogP contribution in [0.25, 0.3) is 0 Å². The third-order valence-electron chi connectivity index (χ3n) is 5.34.